The minimum absolute atomic E-state index is 0.0165. The monoisotopic (exact) mass is 288 g/mol. The van der Waals surface area contributed by atoms with Gasteiger partial charge in [-0.1, -0.05) is 11.6 Å². The fourth-order valence-electron chi connectivity index (χ4n) is 2.63. The Balaban J connectivity index is 2.20. The van der Waals surface area contributed by atoms with E-state index in [4.69, 9.17) is 5.26 Å². The zero-order valence-corrected chi connectivity index (χ0v) is 12.5. The third-order valence-electron chi connectivity index (χ3n) is 3.90. The van der Waals surface area contributed by atoms with E-state index in [2.05, 4.69) is 11.4 Å². The van der Waals surface area contributed by atoms with Crippen molar-refractivity contribution in [2.24, 2.45) is 14.1 Å². The van der Waals surface area contributed by atoms with Gasteiger partial charge in [-0.2, -0.15) is 5.26 Å². The van der Waals surface area contributed by atoms with Crippen LogP contribution in [0, 0.1) is 11.3 Å². The van der Waals surface area contributed by atoms with E-state index in [-0.39, 0.29) is 5.56 Å². The molecule has 21 heavy (non-hydrogen) atoms. The standard InChI is InChI=1S/C15H20N4O2/c1-18-13(12(10-16)14(20)19(2)15(18)21)17-9-8-11-6-4-3-5-7-11/h6,17H,3-5,7-9H2,1-2H3. The van der Waals surface area contributed by atoms with Crippen LogP contribution in [0.4, 0.5) is 5.82 Å². The number of rotatable bonds is 4. The van der Waals surface area contributed by atoms with Crippen LogP contribution >= 0.6 is 0 Å². The summed E-state index contributed by atoms with van der Waals surface area (Å²) < 4.78 is 2.27. The van der Waals surface area contributed by atoms with Gasteiger partial charge in [0.2, 0.25) is 0 Å². The van der Waals surface area contributed by atoms with Gasteiger partial charge in [-0.05, 0) is 32.1 Å². The molecule has 0 bridgehead atoms. The molecule has 0 fully saturated rings. The first-order valence-corrected chi connectivity index (χ1v) is 7.18. The highest BCUT2D eigenvalue weighted by atomic mass is 16.2. The van der Waals surface area contributed by atoms with Gasteiger partial charge in [0.25, 0.3) is 5.56 Å². The number of aromatic nitrogens is 2. The van der Waals surface area contributed by atoms with Gasteiger partial charge >= 0.3 is 5.69 Å². The van der Waals surface area contributed by atoms with E-state index in [1.54, 1.807) is 7.05 Å². The second-order valence-electron chi connectivity index (χ2n) is 5.33. The van der Waals surface area contributed by atoms with Crippen LogP contribution in [-0.4, -0.2) is 15.7 Å². The third kappa shape index (κ3) is 3.07. The Morgan fingerprint density at radius 2 is 2.05 bits per heavy atom. The number of nitriles is 1. The van der Waals surface area contributed by atoms with Crippen molar-refractivity contribution in [3.8, 4) is 6.07 Å². The highest BCUT2D eigenvalue weighted by Gasteiger charge is 2.15. The molecular formula is C15H20N4O2. The fraction of sp³-hybridized carbons (Fsp3) is 0.533. The molecule has 112 valence electrons. The molecule has 0 amide bonds. The second-order valence-corrected chi connectivity index (χ2v) is 5.33. The van der Waals surface area contributed by atoms with Crippen molar-refractivity contribution in [1.82, 2.24) is 9.13 Å². The molecule has 0 atom stereocenters. The van der Waals surface area contributed by atoms with E-state index in [9.17, 15) is 9.59 Å². The van der Waals surface area contributed by atoms with E-state index in [0.717, 1.165) is 23.8 Å². The first-order valence-electron chi connectivity index (χ1n) is 7.18. The zero-order chi connectivity index (χ0) is 15.4. The maximum absolute atomic E-state index is 11.9. The Morgan fingerprint density at radius 1 is 1.29 bits per heavy atom. The molecule has 0 aliphatic heterocycles. The Bertz CT molecular complexity index is 719. The highest BCUT2D eigenvalue weighted by molar-refractivity contribution is 5.51. The molecule has 0 spiro atoms. The van der Waals surface area contributed by atoms with Crippen LogP contribution < -0.4 is 16.6 Å². The van der Waals surface area contributed by atoms with Crippen LogP contribution in [-0.2, 0) is 14.1 Å². The Morgan fingerprint density at radius 3 is 2.67 bits per heavy atom. The molecule has 1 aliphatic rings. The predicted molar refractivity (Wildman–Crippen MR) is 81.3 cm³/mol. The summed E-state index contributed by atoms with van der Waals surface area (Å²) in [6.45, 7) is 0.612. The smallest absolute Gasteiger partial charge is 0.332 e. The van der Waals surface area contributed by atoms with E-state index in [1.165, 1.54) is 30.0 Å². The predicted octanol–water partition coefficient (Wildman–Crippen LogP) is 1.26. The van der Waals surface area contributed by atoms with Crippen molar-refractivity contribution in [3.05, 3.63) is 38.1 Å². The number of hydrogen-bond donors (Lipinski definition) is 1. The largest absolute Gasteiger partial charge is 0.370 e. The Hall–Kier alpha value is -2.29. The molecular weight excluding hydrogens is 268 g/mol. The van der Waals surface area contributed by atoms with Gasteiger partial charge in [-0.15, -0.1) is 0 Å². The summed E-state index contributed by atoms with van der Waals surface area (Å²) in [6.07, 6.45) is 7.84. The lowest BCUT2D eigenvalue weighted by Gasteiger charge is -2.16. The zero-order valence-electron chi connectivity index (χ0n) is 12.5. The number of anilines is 1. The summed E-state index contributed by atoms with van der Waals surface area (Å²) >= 11 is 0. The van der Waals surface area contributed by atoms with Crippen LogP contribution in [0.25, 0.3) is 0 Å². The lowest BCUT2D eigenvalue weighted by Crippen LogP contribution is -2.40. The Labute approximate surface area is 123 Å². The third-order valence-corrected chi connectivity index (χ3v) is 3.90. The summed E-state index contributed by atoms with van der Waals surface area (Å²) in [5.41, 5.74) is 0.400. The minimum Gasteiger partial charge on any atom is -0.370 e. The van der Waals surface area contributed by atoms with E-state index in [1.807, 2.05) is 6.07 Å². The molecule has 1 aromatic rings. The van der Waals surface area contributed by atoms with Crippen molar-refractivity contribution < 1.29 is 0 Å². The van der Waals surface area contributed by atoms with Crippen LogP contribution in [0.5, 0.6) is 0 Å². The molecule has 1 aromatic heterocycles. The number of nitrogens with one attached hydrogen (secondary N) is 1. The molecule has 0 radical (unpaired) electrons. The molecule has 1 N–H and O–H groups in total. The summed E-state index contributed by atoms with van der Waals surface area (Å²) in [6, 6.07) is 1.89. The van der Waals surface area contributed by atoms with Crippen molar-refractivity contribution in [3.63, 3.8) is 0 Å². The fourth-order valence-corrected chi connectivity index (χ4v) is 2.63. The van der Waals surface area contributed by atoms with E-state index < -0.39 is 11.2 Å². The average Bonchev–Trinajstić information content (AvgIpc) is 2.51. The molecule has 2 rings (SSSR count). The number of hydrogen-bond acceptors (Lipinski definition) is 4. The maximum Gasteiger partial charge on any atom is 0.332 e. The molecule has 1 aliphatic carbocycles. The summed E-state index contributed by atoms with van der Waals surface area (Å²) in [5, 5.41) is 12.2. The van der Waals surface area contributed by atoms with Crippen LogP contribution in [0.1, 0.15) is 37.7 Å². The van der Waals surface area contributed by atoms with Gasteiger partial charge in [0.1, 0.15) is 11.9 Å². The molecule has 0 saturated carbocycles. The highest BCUT2D eigenvalue weighted by Crippen LogP contribution is 2.20. The quantitative estimate of drug-likeness (QED) is 0.846. The summed E-state index contributed by atoms with van der Waals surface area (Å²) in [7, 11) is 2.94. The molecule has 0 unspecified atom stereocenters. The minimum atomic E-state index is -0.556. The normalized spacial score (nSPS) is 14.4. The van der Waals surface area contributed by atoms with Crippen molar-refractivity contribution >= 4 is 5.82 Å². The van der Waals surface area contributed by atoms with Crippen LogP contribution in [0.2, 0.25) is 0 Å². The van der Waals surface area contributed by atoms with Crippen molar-refractivity contribution in [1.29, 1.82) is 5.26 Å². The number of nitrogens with zero attached hydrogens (tertiary/aromatic N) is 3. The lowest BCUT2D eigenvalue weighted by atomic mass is 9.97. The van der Waals surface area contributed by atoms with Gasteiger partial charge < -0.3 is 5.32 Å². The summed E-state index contributed by atoms with van der Waals surface area (Å²) in [5.74, 6) is 0.307. The molecule has 6 nitrogen and oxygen atoms in total. The van der Waals surface area contributed by atoms with Gasteiger partial charge in [-0.3, -0.25) is 13.9 Å². The molecule has 0 saturated heterocycles. The van der Waals surface area contributed by atoms with Crippen LogP contribution in [0.15, 0.2) is 21.2 Å². The van der Waals surface area contributed by atoms with E-state index >= 15 is 0 Å². The number of allylic oxidation sites excluding steroid dienone is 1. The van der Waals surface area contributed by atoms with Crippen molar-refractivity contribution in [2.45, 2.75) is 32.1 Å². The molecule has 1 heterocycles. The van der Waals surface area contributed by atoms with Crippen LogP contribution in [0.3, 0.4) is 0 Å². The molecule has 0 aromatic carbocycles. The van der Waals surface area contributed by atoms with Gasteiger partial charge in [0, 0.05) is 20.6 Å². The first kappa shape index (κ1) is 15.1. The molecule has 6 heteroatoms. The Kier molecular flexibility index (Phi) is 4.63. The SMILES string of the molecule is Cn1c(NCCC2=CCCCC2)c(C#N)c(=O)n(C)c1=O. The maximum atomic E-state index is 11.9. The average molecular weight is 288 g/mol. The summed E-state index contributed by atoms with van der Waals surface area (Å²) in [4.78, 5) is 23.8. The van der Waals surface area contributed by atoms with Gasteiger partial charge in [-0.25, -0.2) is 4.79 Å². The van der Waals surface area contributed by atoms with Crippen molar-refractivity contribution in [2.75, 3.05) is 11.9 Å². The topological polar surface area (TPSA) is 79.8 Å². The van der Waals surface area contributed by atoms with Gasteiger partial charge in [0.05, 0.1) is 0 Å². The van der Waals surface area contributed by atoms with E-state index in [0.29, 0.717) is 12.4 Å². The van der Waals surface area contributed by atoms with Gasteiger partial charge in [0.15, 0.2) is 5.56 Å². The second kappa shape index (κ2) is 6.44. The lowest BCUT2D eigenvalue weighted by molar-refractivity contribution is 0.671. The first-order chi connectivity index (χ1) is 10.1.